The van der Waals surface area contributed by atoms with Crippen molar-refractivity contribution in [2.45, 2.75) is 25.2 Å². The van der Waals surface area contributed by atoms with Crippen LogP contribution in [0.1, 0.15) is 22.3 Å². The summed E-state index contributed by atoms with van der Waals surface area (Å²) in [7, 11) is -0.911. The molecule has 0 fully saturated rings. The van der Waals surface area contributed by atoms with Crippen LogP contribution in [0.3, 0.4) is 0 Å². The van der Waals surface area contributed by atoms with E-state index in [-0.39, 0.29) is 34.5 Å². The van der Waals surface area contributed by atoms with Gasteiger partial charge in [-0.1, -0.05) is 63.2 Å². The zero-order valence-corrected chi connectivity index (χ0v) is 16.9. The molecule has 1 heterocycles. The number of benzene rings is 2. The van der Waals surface area contributed by atoms with Gasteiger partial charge in [-0.3, -0.25) is 4.55 Å². The van der Waals surface area contributed by atoms with Crippen LogP contribution < -0.4 is 0 Å². The van der Waals surface area contributed by atoms with Crippen LogP contribution in [0.25, 0.3) is 10.4 Å². The van der Waals surface area contributed by atoms with Crippen LogP contribution in [0.15, 0.2) is 47.4 Å². The minimum absolute atomic E-state index is 0. The third-order valence-corrected chi connectivity index (χ3v) is 8.15. The normalized spacial score (nSPS) is 11.2. The van der Waals surface area contributed by atoms with E-state index in [2.05, 4.69) is 32.0 Å². The van der Waals surface area contributed by atoms with E-state index in [9.17, 15) is 8.42 Å². The molecule has 0 bridgehead atoms. The first-order valence-corrected chi connectivity index (χ1v) is 11.5. The molecule has 3 rings (SSSR count). The van der Waals surface area contributed by atoms with Crippen molar-refractivity contribution in [1.82, 2.24) is 0 Å². The van der Waals surface area contributed by atoms with E-state index < -0.39 is 10.1 Å². The summed E-state index contributed by atoms with van der Waals surface area (Å²) in [4.78, 5) is 1.06. The second-order valence-electron chi connectivity index (χ2n) is 5.86. The van der Waals surface area contributed by atoms with Crippen LogP contribution in [0.5, 0.6) is 0 Å². The Kier molecular flexibility index (Phi) is 7.38. The number of hydrogen-bond donors (Lipinski definition) is 1. The van der Waals surface area contributed by atoms with Gasteiger partial charge in [0, 0.05) is 12.0 Å². The van der Waals surface area contributed by atoms with Gasteiger partial charge in [-0.2, -0.15) is 8.42 Å². The Bertz CT molecular complexity index is 1080. The van der Waals surface area contributed by atoms with Crippen molar-refractivity contribution in [3.63, 3.8) is 0 Å². The molecule has 0 radical (unpaired) electrons. The molecule has 0 spiro atoms. The number of rotatable bonds is 4. The van der Waals surface area contributed by atoms with Crippen molar-refractivity contribution in [2.24, 2.45) is 0 Å². The maximum absolute atomic E-state index is 11.2. The first-order valence-electron chi connectivity index (χ1n) is 7.52. The summed E-state index contributed by atoms with van der Waals surface area (Å²) in [5, 5.41) is 0. The molecular formula is C18H17NaO3S4. The van der Waals surface area contributed by atoms with Crippen molar-refractivity contribution in [3.05, 3.63) is 68.5 Å². The van der Waals surface area contributed by atoms with Crippen molar-refractivity contribution < 1.29 is 13.0 Å². The molecule has 0 amide bonds. The number of aryl methyl sites for hydroxylation is 2. The second-order valence-corrected chi connectivity index (χ2v) is 10.1. The molecule has 3 aromatic rings. The maximum atomic E-state index is 11.2. The molecule has 0 aliphatic carbocycles. The molecule has 3 nitrogen and oxygen atoms in total. The zero-order valence-electron chi connectivity index (χ0n) is 13.6. The molecule has 0 atom stereocenters. The van der Waals surface area contributed by atoms with E-state index >= 15 is 0 Å². The standard InChI is InChI=1S/C18H16O3S4.Na.H/c1-11-3-6-14(9-12(11)2)17-16(18(22)24-23-17)10-13-4-7-15(8-5-13)25(19,20)21;;/h3-9H,10H2,1-2H3,(H,19,20,21);;. The molecule has 1 N–H and O–H groups in total. The third kappa shape index (κ3) is 4.91. The average molecular weight is 433 g/mol. The van der Waals surface area contributed by atoms with Crippen LogP contribution in [-0.4, -0.2) is 42.5 Å². The van der Waals surface area contributed by atoms with Gasteiger partial charge in [0.1, 0.15) is 3.82 Å². The van der Waals surface area contributed by atoms with Crippen LogP contribution in [0.4, 0.5) is 0 Å². The fraction of sp³-hybridized carbons (Fsp3) is 0.167. The summed E-state index contributed by atoms with van der Waals surface area (Å²) in [6, 6.07) is 12.7. The molecular weight excluding hydrogens is 415 g/mol. The Morgan fingerprint density at radius 3 is 2.23 bits per heavy atom. The Hall–Kier alpha value is -0.380. The molecule has 0 saturated heterocycles. The summed E-state index contributed by atoms with van der Waals surface area (Å²) in [5.41, 5.74) is 5.70. The summed E-state index contributed by atoms with van der Waals surface area (Å²) >= 11 is 5.51. The molecule has 132 valence electrons. The van der Waals surface area contributed by atoms with Gasteiger partial charge in [-0.15, -0.1) is 0 Å². The summed E-state index contributed by atoms with van der Waals surface area (Å²) < 4.78 is 32.3. The van der Waals surface area contributed by atoms with Crippen LogP contribution >= 0.6 is 32.9 Å². The van der Waals surface area contributed by atoms with E-state index in [4.69, 9.17) is 16.8 Å². The number of hydrogen-bond acceptors (Lipinski definition) is 5. The van der Waals surface area contributed by atoms with Crippen molar-refractivity contribution in [1.29, 1.82) is 0 Å². The van der Waals surface area contributed by atoms with E-state index in [0.29, 0.717) is 6.42 Å². The molecule has 0 saturated carbocycles. The second kappa shape index (κ2) is 8.75. The van der Waals surface area contributed by atoms with Crippen molar-refractivity contribution >= 4 is 72.6 Å². The Labute approximate surface area is 188 Å². The Balaban J connectivity index is 0.00000243. The van der Waals surface area contributed by atoms with Crippen LogP contribution in [0.2, 0.25) is 0 Å². The van der Waals surface area contributed by atoms with Gasteiger partial charge >= 0.3 is 29.6 Å². The van der Waals surface area contributed by atoms with Gasteiger partial charge in [-0.25, -0.2) is 0 Å². The van der Waals surface area contributed by atoms with Crippen LogP contribution in [-0.2, 0) is 16.5 Å². The summed E-state index contributed by atoms with van der Waals surface area (Å²) in [5.74, 6) is 0. The molecule has 0 unspecified atom stereocenters. The first-order chi connectivity index (χ1) is 11.8. The fourth-order valence-corrected chi connectivity index (χ4v) is 5.90. The van der Waals surface area contributed by atoms with E-state index in [1.54, 1.807) is 32.8 Å². The van der Waals surface area contributed by atoms with Gasteiger partial charge in [0.15, 0.2) is 0 Å². The molecule has 2 aromatic carbocycles. The topological polar surface area (TPSA) is 54.4 Å². The average Bonchev–Trinajstić information content (AvgIpc) is 2.91. The SMILES string of the molecule is Cc1ccc(-c2ssc(=S)c2Cc2ccc(S(=O)(=O)O)cc2)cc1C.[NaH]. The fourth-order valence-electron chi connectivity index (χ4n) is 2.51. The molecule has 26 heavy (non-hydrogen) atoms. The predicted molar refractivity (Wildman–Crippen MR) is 114 cm³/mol. The van der Waals surface area contributed by atoms with Gasteiger partial charge in [0.25, 0.3) is 10.1 Å². The Morgan fingerprint density at radius 1 is 1.00 bits per heavy atom. The zero-order chi connectivity index (χ0) is 18.2. The van der Waals surface area contributed by atoms with Gasteiger partial charge in [-0.05, 0) is 48.2 Å². The Morgan fingerprint density at radius 2 is 1.65 bits per heavy atom. The van der Waals surface area contributed by atoms with E-state index in [1.165, 1.54) is 23.3 Å². The monoisotopic (exact) mass is 432 g/mol. The van der Waals surface area contributed by atoms with Gasteiger partial charge in [0.05, 0.1) is 9.77 Å². The molecule has 0 aliphatic heterocycles. The summed E-state index contributed by atoms with van der Waals surface area (Å²) in [6.07, 6.45) is 0.632. The molecule has 8 heteroatoms. The third-order valence-electron chi connectivity index (χ3n) is 4.09. The quantitative estimate of drug-likeness (QED) is 0.272. The van der Waals surface area contributed by atoms with E-state index in [0.717, 1.165) is 25.4 Å². The van der Waals surface area contributed by atoms with Gasteiger partial charge in [0.2, 0.25) is 0 Å². The summed E-state index contributed by atoms with van der Waals surface area (Å²) in [6.45, 7) is 4.19. The molecule has 1 aromatic heterocycles. The van der Waals surface area contributed by atoms with Gasteiger partial charge < -0.3 is 0 Å². The van der Waals surface area contributed by atoms with Crippen LogP contribution in [0, 0.1) is 17.7 Å². The predicted octanol–water partition coefficient (Wildman–Crippen LogP) is 5.01. The van der Waals surface area contributed by atoms with E-state index in [1.807, 2.05) is 0 Å². The van der Waals surface area contributed by atoms with Crippen molar-refractivity contribution in [3.8, 4) is 10.4 Å². The molecule has 0 aliphatic rings. The van der Waals surface area contributed by atoms with Crippen molar-refractivity contribution in [2.75, 3.05) is 0 Å². The first kappa shape index (κ1) is 21.9. The minimum atomic E-state index is -4.17.